The molecule has 0 amide bonds. The minimum Gasteiger partial charge on any atom is -0.496 e. The van der Waals surface area contributed by atoms with E-state index in [9.17, 15) is 9.90 Å². The molecule has 1 rings (SSSR count). The lowest BCUT2D eigenvalue weighted by atomic mass is 10.1. The molecule has 2 N–H and O–H groups in total. The number of alkyl halides is 1. The Morgan fingerprint density at radius 3 is 2.78 bits per heavy atom. The maximum atomic E-state index is 11.4. The van der Waals surface area contributed by atoms with E-state index < -0.39 is 12.1 Å². The number of esters is 1. The first-order valence-corrected chi connectivity index (χ1v) is 5.90. The highest BCUT2D eigenvalue weighted by molar-refractivity contribution is 6.18. The number of aliphatic hydroxyl groups is 1. The van der Waals surface area contributed by atoms with Gasteiger partial charge < -0.3 is 19.9 Å². The lowest BCUT2D eigenvalue weighted by Gasteiger charge is -2.12. The molecule has 100 valence electrons. The number of hydrogen-bond donors (Lipinski definition) is 2. The Balaban J connectivity index is 2.82. The van der Waals surface area contributed by atoms with Crippen molar-refractivity contribution in [1.29, 1.82) is 0 Å². The molecule has 1 aromatic carbocycles. The minimum absolute atomic E-state index is 0.157. The number of carbonyl (C=O) groups excluding carboxylic acids is 1. The van der Waals surface area contributed by atoms with Gasteiger partial charge in [-0.3, -0.25) is 0 Å². The molecule has 0 fully saturated rings. The SMILES string of the molecule is COC(=O)c1ccc(NCC(O)CCl)cc1OC. The quantitative estimate of drug-likeness (QED) is 0.607. The van der Waals surface area contributed by atoms with E-state index >= 15 is 0 Å². The summed E-state index contributed by atoms with van der Waals surface area (Å²) >= 11 is 5.49. The molecule has 0 aromatic heterocycles. The summed E-state index contributed by atoms with van der Waals surface area (Å²) in [5.74, 6) is 0.107. The van der Waals surface area contributed by atoms with Crippen molar-refractivity contribution in [3.63, 3.8) is 0 Å². The van der Waals surface area contributed by atoms with Crippen LogP contribution in [0.15, 0.2) is 18.2 Å². The highest BCUT2D eigenvalue weighted by Gasteiger charge is 2.13. The van der Waals surface area contributed by atoms with Crippen LogP contribution < -0.4 is 10.1 Å². The summed E-state index contributed by atoms with van der Waals surface area (Å²) < 4.78 is 9.75. The van der Waals surface area contributed by atoms with Crippen molar-refractivity contribution in [3.05, 3.63) is 23.8 Å². The Morgan fingerprint density at radius 1 is 1.50 bits per heavy atom. The first-order chi connectivity index (χ1) is 8.62. The van der Waals surface area contributed by atoms with E-state index in [-0.39, 0.29) is 5.88 Å². The molecule has 1 atom stereocenters. The molecular formula is C12H16ClNO4. The van der Waals surface area contributed by atoms with Crippen LogP contribution in [0.2, 0.25) is 0 Å². The van der Waals surface area contributed by atoms with Gasteiger partial charge in [-0.15, -0.1) is 11.6 Å². The standard InChI is InChI=1S/C12H16ClNO4/c1-17-11-5-8(14-7-9(15)6-13)3-4-10(11)12(16)18-2/h3-5,9,14-15H,6-7H2,1-2H3. The van der Waals surface area contributed by atoms with Crippen molar-refractivity contribution in [2.75, 3.05) is 32.0 Å². The molecular weight excluding hydrogens is 258 g/mol. The molecule has 0 saturated heterocycles. The van der Waals surface area contributed by atoms with Gasteiger partial charge in [0.15, 0.2) is 0 Å². The van der Waals surface area contributed by atoms with E-state index in [0.717, 1.165) is 5.69 Å². The first-order valence-electron chi connectivity index (χ1n) is 5.36. The van der Waals surface area contributed by atoms with Crippen LogP contribution in [-0.4, -0.2) is 43.8 Å². The Morgan fingerprint density at radius 2 is 2.22 bits per heavy atom. The molecule has 0 bridgehead atoms. The third-order valence-electron chi connectivity index (χ3n) is 2.33. The third kappa shape index (κ3) is 3.78. The Hall–Kier alpha value is -1.46. The topological polar surface area (TPSA) is 67.8 Å². The molecule has 1 unspecified atom stereocenters. The summed E-state index contributed by atoms with van der Waals surface area (Å²) in [6, 6.07) is 4.96. The van der Waals surface area contributed by atoms with Crippen LogP contribution in [0.4, 0.5) is 5.69 Å². The molecule has 0 aliphatic carbocycles. The van der Waals surface area contributed by atoms with Gasteiger partial charge in [-0.1, -0.05) is 0 Å². The van der Waals surface area contributed by atoms with Crippen molar-refractivity contribution in [3.8, 4) is 5.75 Å². The molecule has 0 aliphatic heterocycles. The predicted molar refractivity (Wildman–Crippen MR) is 69.6 cm³/mol. The van der Waals surface area contributed by atoms with Gasteiger partial charge in [-0.2, -0.15) is 0 Å². The van der Waals surface area contributed by atoms with Crippen LogP contribution in [0.5, 0.6) is 5.75 Å². The molecule has 5 nitrogen and oxygen atoms in total. The van der Waals surface area contributed by atoms with E-state index in [2.05, 4.69) is 10.1 Å². The summed E-state index contributed by atoms with van der Waals surface area (Å²) in [6.45, 7) is 0.324. The smallest absolute Gasteiger partial charge is 0.341 e. The van der Waals surface area contributed by atoms with Crippen LogP contribution in [0.1, 0.15) is 10.4 Å². The summed E-state index contributed by atoms with van der Waals surface area (Å²) in [7, 11) is 2.78. The number of aliphatic hydroxyl groups excluding tert-OH is 1. The minimum atomic E-state index is -0.627. The van der Waals surface area contributed by atoms with Gasteiger partial charge in [0.2, 0.25) is 0 Å². The average Bonchev–Trinajstić information content (AvgIpc) is 2.43. The Labute approximate surface area is 111 Å². The van der Waals surface area contributed by atoms with E-state index in [1.54, 1.807) is 18.2 Å². The zero-order chi connectivity index (χ0) is 13.5. The van der Waals surface area contributed by atoms with Gasteiger partial charge >= 0.3 is 5.97 Å². The maximum absolute atomic E-state index is 11.4. The van der Waals surface area contributed by atoms with Crippen molar-refractivity contribution >= 4 is 23.3 Å². The van der Waals surface area contributed by atoms with Crippen LogP contribution in [0.25, 0.3) is 0 Å². The number of rotatable bonds is 6. The fourth-order valence-electron chi connectivity index (χ4n) is 1.37. The second-order valence-corrected chi connectivity index (χ2v) is 3.90. The molecule has 0 spiro atoms. The van der Waals surface area contributed by atoms with Gasteiger partial charge in [0, 0.05) is 18.3 Å². The second-order valence-electron chi connectivity index (χ2n) is 3.60. The van der Waals surface area contributed by atoms with Gasteiger partial charge in [-0.05, 0) is 12.1 Å². The molecule has 0 radical (unpaired) electrons. The second kappa shape index (κ2) is 7.08. The normalized spacial score (nSPS) is 11.8. The number of nitrogens with one attached hydrogen (secondary N) is 1. The predicted octanol–water partition coefficient (Wildman–Crippen LogP) is 1.49. The van der Waals surface area contributed by atoms with Crippen molar-refractivity contribution < 1.29 is 19.4 Å². The highest BCUT2D eigenvalue weighted by atomic mass is 35.5. The number of ether oxygens (including phenoxy) is 2. The summed E-state index contributed by atoms with van der Waals surface area (Å²) in [4.78, 5) is 11.4. The molecule has 0 heterocycles. The fourth-order valence-corrected chi connectivity index (χ4v) is 1.48. The van der Waals surface area contributed by atoms with Gasteiger partial charge in [0.25, 0.3) is 0 Å². The lowest BCUT2D eigenvalue weighted by Crippen LogP contribution is -2.20. The molecule has 0 aliphatic rings. The number of hydrogen-bond acceptors (Lipinski definition) is 5. The summed E-state index contributed by atoms with van der Waals surface area (Å²) in [5.41, 5.74) is 1.08. The van der Waals surface area contributed by atoms with Crippen molar-refractivity contribution in [2.24, 2.45) is 0 Å². The van der Waals surface area contributed by atoms with E-state index in [1.807, 2.05) is 0 Å². The Bertz CT molecular complexity index is 411. The largest absolute Gasteiger partial charge is 0.496 e. The van der Waals surface area contributed by atoms with Gasteiger partial charge in [0.05, 0.1) is 26.2 Å². The van der Waals surface area contributed by atoms with Crippen LogP contribution in [0.3, 0.4) is 0 Å². The summed E-state index contributed by atoms with van der Waals surface area (Å²) in [6.07, 6.45) is -0.627. The molecule has 18 heavy (non-hydrogen) atoms. The van der Waals surface area contributed by atoms with Gasteiger partial charge in [0.1, 0.15) is 11.3 Å². The zero-order valence-electron chi connectivity index (χ0n) is 10.3. The van der Waals surface area contributed by atoms with E-state index in [1.165, 1.54) is 14.2 Å². The fraction of sp³-hybridized carbons (Fsp3) is 0.417. The lowest BCUT2D eigenvalue weighted by molar-refractivity contribution is 0.0597. The number of methoxy groups -OCH3 is 2. The zero-order valence-corrected chi connectivity index (χ0v) is 11.0. The molecule has 6 heteroatoms. The molecule has 1 aromatic rings. The van der Waals surface area contributed by atoms with Crippen molar-refractivity contribution in [1.82, 2.24) is 0 Å². The number of anilines is 1. The number of carbonyl (C=O) groups is 1. The number of halogens is 1. The first kappa shape index (κ1) is 14.6. The van der Waals surface area contributed by atoms with E-state index in [0.29, 0.717) is 17.9 Å². The van der Waals surface area contributed by atoms with Crippen LogP contribution >= 0.6 is 11.6 Å². The highest BCUT2D eigenvalue weighted by Crippen LogP contribution is 2.23. The Kier molecular flexibility index (Phi) is 5.74. The maximum Gasteiger partial charge on any atom is 0.341 e. The molecule has 0 saturated carbocycles. The summed E-state index contributed by atoms with van der Waals surface area (Å²) in [5, 5.41) is 12.3. The third-order valence-corrected chi connectivity index (χ3v) is 2.68. The van der Waals surface area contributed by atoms with Crippen LogP contribution in [-0.2, 0) is 4.74 Å². The average molecular weight is 274 g/mol. The van der Waals surface area contributed by atoms with E-state index in [4.69, 9.17) is 16.3 Å². The van der Waals surface area contributed by atoms with Gasteiger partial charge in [-0.25, -0.2) is 4.79 Å². The monoisotopic (exact) mass is 273 g/mol. The number of benzene rings is 1. The van der Waals surface area contributed by atoms with Crippen LogP contribution in [0, 0.1) is 0 Å². The van der Waals surface area contributed by atoms with Crippen molar-refractivity contribution in [2.45, 2.75) is 6.10 Å².